The van der Waals surface area contributed by atoms with E-state index in [1.165, 1.54) is 18.2 Å². The Hall–Kier alpha value is -3.29. The molecule has 110 valence electrons. The number of pyridine rings is 1. The SMILES string of the molecule is Cc1ccc(NC(=O)c2n[nH]c3ccc([N+](=O)[O-])cc23)nc1. The number of nitro groups is 1. The fourth-order valence-electron chi connectivity index (χ4n) is 2.01. The minimum Gasteiger partial charge on any atom is -0.305 e. The number of carbonyl (C=O) groups excluding carboxylic acids is 1. The van der Waals surface area contributed by atoms with Crippen LogP contribution in [0.1, 0.15) is 16.1 Å². The molecule has 2 N–H and O–H groups in total. The van der Waals surface area contributed by atoms with Crippen LogP contribution in [0.4, 0.5) is 11.5 Å². The van der Waals surface area contributed by atoms with Crippen LogP contribution in [-0.2, 0) is 0 Å². The van der Waals surface area contributed by atoms with E-state index in [1.54, 1.807) is 12.3 Å². The number of nitro benzene ring substituents is 1. The summed E-state index contributed by atoms with van der Waals surface area (Å²) >= 11 is 0. The standard InChI is InChI=1S/C14H11N5O3/c1-8-2-5-12(15-7-8)16-14(20)13-10-6-9(19(21)22)3-4-11(10)17-18-13/h2-7H,1H3,(H,17,18)(H,15,16,20). The number of amides is 1. The summed E-state index contributed by atoms with van der Waals surface area (Å²) in [6.45, 7) is 1.89. The molecule has 0 aliphatic carbocycles. The molecule has 8 heteroatoms. The Morgan fingerprint density at radius 3 is 2.82 bits per heavy atom. The first-order valence-electron chi connectivity index (χ1n) is 6.41. The molecule has 0 saturated carbocycles. The predicted octanol–water partition coefficient (Wildman–Crippen LogP) is 2.43. The highest BCUT2D eigenvalue weighted by molar-refractivity contribution is 6.11. The quantitative estimate of drug-likeness (QED) is 0.569. The van der Waals surface area contributed by atoms with Crippen LogP contribution in [0, 0.1) is 17.0 Å². The first-order valence-corrected chi connectivity index (χ1v) is 6.41. The van der Waals surface area contributed by atoms with Gasteiger partial charge in [-0.1, -0.05) is 6.07 Å². The number of carbonyl (C=O) groups is 1. The van der Waals surface area contributed by atoms with Crippen LogP contribution in [0.2, 0.25) is 0 Å². The van der Waals surface area contributed by atoms with Crippen molar-refractivity contribution < 1.29 is 9.72 Å². The molecule has 22 heavy (non-hydrogen) atoms. The number of non-ortho nitro benzene ring substituents is 1. The van der Waals surface area contributed by atoms with Gasteiger partial charge in [-0.3, -0.25) is 20.0 Å². The van der Waals surface area contributed by atoms with Crippen molar-refractivity contribution in [3.63, 3.8) is 0 Å². The summed E-state index contributed by atoms with van der Waals surface area (Å²) < 4.78 is 0. The third-order valence-corrected chi connectivity index (χ3v) is 3.13. The lowest BCUT2D eigenvalue weighted by molar-refractivity contribution is -0.384. The van der Waals surface area contributed by atoms with Gasteiger partial charge in [-0.25, -0.2) is 4.98 Å². The monoisotopic (exact) mass is 297 g/mol. The molecule has 0 atom stereocenters. The number of aromatic nitrogens is 3. The normalized spacial score (nSPS) is 10.6. The molecule has 3 rings (SSSR count). The van der Waals surface area contributed by atoms with Crippen LogP contribution in [-0.4, -0.2) is 26.0 Å². The van der Waals surface area contributed by atoms with Crippen molar-refractivity contribution in [2.45, 2.75) is 6.92 Å². The number of aromatic amines is 1. The Balaban J connectivity index is 1.95. The van der Waals surface area contributed by atoms with Crippen LogP contribution >= 0.6 is 0 Å². The molecule has 2 aromatic heterocycles. The fourth-order valence-corrected chi connectivity index (χ4v) is 2.01. The molecule has 0 saturated heterocycles. The molecule has 0 aliphatic heterocycles. The predicted molar refractivity (Wildman–Crippen MR) is 79.7 cm³/mol. The average Bonchev–Trinajstić information content (AvgIpc) is 2.92. The smallest absolute Gasteiger partial charge is 0.277 e. The maximum absolute atomic E-state index is 12.3. The van der Waals surface area contributed by atoms with E-state index in [9.17, 15) is 14.9 Å². The number of nitrogens with zero attached hydrogens (tertiary/aromatic N) is 3. The first kappa shape index (κ1) is 13.7. The molecular formula is C14H11N5O3. The molecule has 2 heterocycles. The summed E-state index contributed by atoms with van der Waals surface area (Å²) in [6.07, 6.45) is 1.63. The maximum Gasteiger partial charge on any atom is 0.277 e. The van der Waals surface area contributed by atoms with Gasteiger partial charge in [0.25, 0.3) is 11.6 Å². The molecular weight excluding hydrogens is 286 g/mol. The third kappa shape index (κ3) is 2.49. The number of H-pyrrole nitrogens is 1. The van der Waals surface area contributed by atoms with E-state index in [0.29, 0.717) is 16.7 Å². The number of rotatable bonds is 3. The second kappa shape index (κ2) is 5.24. The minimum absolute atomic E-state index is 0.0843. The molecule has 1 aromatic carbocycles. The number of aryl methyl sites for hydroxylation is 1. The largest absolute Gasteiger partial charge is 0.305 e. The molecule has 1 amide bonds. The zero-order valence-electron chi connectivity index (χ0n) is 11.5. The van der Waals surface area contributed by atoms with Gasteiger partial charge in [-0.05, 0) is 24.6 Å². The average molecular weight is 297 g/mol. The van der Waals surface area contributed by atoms with Gasteiger partial charge in [0.1, 0.15) is 5.82 Å². The summed E-state index contributed by atoms with van der Waals surface area (Å²) in [5, 5.41) is 20.4. The number of hydrogen-bond donors (Lipinski definition) is 2. The second-order valence-corrected chi connectivity index (χ2v) is 4.73. The van der Waals surface area contributed by atoms with Gasteiger partial charge >= 0.3 is 0 Å². The van der Waals surface area contributed by atoms with Crippen molar-refractivity contribution in [3.8, 4) is 0 Å². The Morgan fingerprint density at radius 1 is 1.32 bits per heavy atom. The Morgan fingerprint density at radius 2 is 2.14 bits per heavy atom. The summed E-state index contributed by atoms with van der Waals surface area (Å²) in [6, 6.07) is 7.67. The number of hydrogen-bond acceptors (Lipinski definition) is 5. The lowest BCUT2D eigenvalue weighted by Gasteiger charge is -2.02. The van der Waals surface area contributed by atoms with Crippen molar-refractivity contribution >= 4 is 28.3 Å². The highest BCUT2D eigenvalue weighted by Crippen LogP contribution is 2.22. The summed E-state index contributed by atoms with van der Waals surface area (Å²) in [5.41, 5.74) is 1.50. The van der Waals surface area contributed by atoms with E-state index >= 15 is 0 Å². The van der Waals surface area contributed by atoms with Crippen LogP contribution in [0.5, 0.6) is 0 Å². The van der Waals surface area contributed by atoms with E-state index in [2.05, 4.69) is 20.5 Å². The van der Waals surface area contributed by atoms with Crippen LogP contribution < -0.4 is 5.32 Å². The Labute approximate surface area is 124 Å². The zero-order valence-corrected chi connectivity index (χ0v) is 11.5. The number of anilines is 1. The van der Waals surface area contributed by atoms with Gasteiger partial charge in [0, 0.05) is 23.7 Å². The van der Waals surface area contributed by atoms with Gasteiger partial charge < -0.3 is 5.32 Å². The van der Waals surface area contributed by atoms with E-state index in [1.807, 2.05) is 13.0 Å². The zero-order chi connectivity index (χ0) is 15.7. The van der Waals surface area contributed by atoms with Crippen molar-refractivity contribution in [2.75, 3.05) is 5.32 Å². The molecule has 0 fully saturated rings. The van der Waals surface area contributed by atoms with E-state index < -0.39 is 10.8 Å². The highest BCUT2D eigenvalue weighted by atomic mass is 16.6. The van der Waals surface area contributed by atoms with Crippen LogP contribution in [0.15, 0.2) is 36.5 Å². The molecule has 0 aliphatic rings. The van der Waals surface area contributed by atoms with Gasteiger partial charge in [0.05, 0.1) is 10.4 Å². The second-order valence-electron chi connectivity index (χ2n) is 4.73. The molecule has 0 spiro atoms. The number of nitrogens with one attached hydrogen (secondary N) is 2. The van der Waals surface area contributed by atoms with Gasteiger partial charge in [0.15, 0.2) is 5.69 Å². The van der Waals surface area contributed by atoms with Gasteiger partial charge in [0.2, 0.25) is 0 Å². The Kier molecular flexibility index (Phi) is 3.26. The van der Waals surface area contributed by atoms with Crippen LogP contribution in [0.25, 0.3) is 10.9 Å². The fraction of sp³-hybridized carbons (Fsp3) is 0.0714. The highest BCUT2D eigenvalue weighted by Gasteiger charge is 2.17. The number of fused-ring (bicyclic) bond motifs is 1. The summed E-state index contributed by atoms with van der Waals surface area (Å²) in [7, 11) is 0. The van der Waals surface area contributed by atoms with Crippen molar-refractivity contribution in [1.29, 1.82) is 0 Å². The van der Waals surface area contributed by atoms with Crippen molar-refractivity contribution in [1.82, 2.24) is 15.2 Å². The Bertz CT molecular complexity index is 870. The topological polar surface area (TPSA) is 114 Å². The van der Waals surface area contributed by atoms with Gasteiger partial charge in [-0.15, -0.1) is 0 Å². The molecule has 8 nitrogen and oxygen atoms in total. The summed E-state index contributed by atoms with van der Waals surface area (Å²) in [4.78, 5) is 26.6. The molecule has 3 aromatic rings. The van der Waals surface area contributed by atoms with E-state index in [4.69, 9.17) is 0 Å². The number of benzene rings is 1. The van der Waals surface area contributed by atoms with Crippen LogP contribution in [0.3, 0.4) is 0 Å². The van der Waals surface area contributed by atoms with E-state index in [0.717, 1.165) is 5.56 Å². The molecule has 0 bridgehead atoms. The maximum atomic E-state index is 12.3. The first-order chi connectivity index (χ1) is 10.5. The van der Waals surface area contributed by atoms with E-state index in [-0.39, 0.29) is 11.4 Å². The summed E-state index contributed by atoms with van der Waals surface area (Å²) in [5.74, 6) is -0.0970. The molecule has 0 radical (unpaired) electrons. The molecule has 0 unspecified atom stereocenters. The lowest BCUT2D eigenvalue weighted by atomic mass is 10.2. The minimum atomic E-state index is -0.518. The lowest BCUT2D eigenvalue weighted by Crippen LogP contribution is -2.13. The third-order valence-electron chi connectivity index (χ3n) is 3.13. The van der Waals surface area contributed by atoms with Crippen molar-refractivity contribution in [2.24, 2.45) is 0 Å². The van der Waals surface area contributed by atoms with Gasteiger partial charge in [-0.2, -0.15) is 5.10 Å². The van der Waals surface area contributed by atoms with Crippen molar-refractivity contribution in [3.05, 3.63) is 57.9 Å².